The molecular weight excluding hydrogens is 188 g/mol. The van der Waals surface area contributed by atoms with Crippen LogP contribution in [0.15, 0.2) is 0 Å². The molecule has 1 fully saturated rings. The molecule has 0 bridgehead atoms. The number of hydrogen-bond donors (Lipinski definition) is 0. The lowest BCUT2D eigenvalue weighted by molar-refractivity contribution is -0.117. The number of Topliss-reactive ketones (excluding diaryl/α,β-unsaturated/α-hetero) is 1. The summed E-state index contributed by atoms with van der Waals surface area (Å²) in [5, 5.41) is 0. The van der Waals surface area contributed by atoms with Gasteiger partial charge in [-0.25, -0.2) is 0 Å². The lowest BCUT2D eigenvalue weighted by Crippen LogP contribution is -2.32. The SMILES string of the molecule is CC(=O)CCCN(C)CCN1CCCC1. The third kappa shape index (κ3) is 5.90. The standard InChI is InChI=1S/C12H24N2O/c1-12(15)6-5-7-13(2)10-11-14-8-3-4-9-14/h3-11H2,1-2H3. The Bertz CT molecular complexity index is 188. The number of likely N-dealkylation sites (N-methyl/N-ethyl adjacent to an activating group) is 1. The van der Waals surface area contributed by atoms with Gasteiger partial charge in [-0.3, -0.25) is 0 Å². The molecule has 0 radical (unpaired) electrons. The predicted molar refractivity (Wildman–Crippen MR) is 63.1 cm³/mol. The topological polar surface area (TPSA) is 23.6 Å². The smallest absolute Gasteiger partial charge is 0.129 e. The maximum absolute atomic E-state index is 10.8. The number of likely N-dealkylation sites (tertiary alicyclic amines) is 1. The fraction of sp³-hybridized carbons (Fsp3) is 0.917. The van der Waals surface area contributed by atoms with Crippen LogP contribution in [0.5, 0.6) is 0 Å². The molecule has 0 saturated carbocycles. The minimum Gasteiger partial charge on any atom is -0.305 e. The van der Waals surface area contributed by atoms with Gasteiger partial charge in [0.25, 0.3) is 0 Å². The first-order chi connectivity index (χ1) is 7.18. The van der Waals surface area contributed by atoms with Crippen LogP contribution in [0.3, 0.4) is 0 Å². The van der Waals surface area contributed by atoms with Crippen LogP contribution in [-0.2, 0) is 4.79 Å². The number of nitrogens with zero attached hydrogens (tertiary/aromatic N) is 2. The Morgan fingerprint density at radius 2 is 1.93 bits per heavy atom. The second-order valence-corrected chi connectivity index (χ2v) is 4.66. The molecule has 0 aromatic heterocycles. The third-order valence-corrected chi connectivity index (χ3v) is 3.07. The molecule has 15 heavy (non-hydrogen) atoms. The molecule has 0 aromatic rings. The highest BCUT2D eigenvalue weighted by molar-refractivity contribution is 5.75. The summed E-state index contributed by atoms with van der Waals surface area (Å²) in [7, 11) is 2.15. The van der Waals surface area contributed by atoms with Crippen LogP contribution in [0.2, 0.25) is 0 Å². The van der Waals surface area contributed by atoms with E-state index in [1.54, 1.807) is 6.92 Å². The summed E-state index contributed by atoms with van der Waals surface area (Å²) in [4.78, 5) is 15.6. The van der Waals surface area contributed by atoms with Gasteiger partial charge in [0.05, 0.1) is 0 Å². The van der Waals surface area contributed by atoms with Crippen LogP contribution in [0.4, 0.5) is 0 Å². The Hall–Kier alpha value is -0.410. The second kappa shape index (κ2) is 6.96. The van der Waals surface area contributed by atoms with Gasteiger partial charge in [-0.1, -0.05) is 0 Å². The highest BCUT2D eigenvalue weighted by atomic mass is 16.1. The zero-order valence-corrected chi connectivity index (χ0v) is 10.2. The summed E-state index contributed by atoms with van der Waals surface area (Å²) >= 11 is 0. The average Bonchev–Trinajstić information content (AvgIpc) is 2.66. The van der Waals surface area contributed by atoms with Crippen LogP contribution < -0.4 is 0 Å². The van der Waals surface area contributed by atoms with Gasteiger partial charge in [0.2, 0.25) is 0 Å². The minimum absolute atomic E-state index is 0.308. The molecule has 0 aromatic carbocycles. The molecule has 0 unspecified atom stereocenters. The lowest BCUT2D eigenvalue weighted by atomic mass is 10.2. The molecule has 0 spiro atoms. The van der Waals surface area contributed by atoms with Crippen molar-refractivity contribution in [2.75, 3.05) is 39.8 Å². The van der Waals surface area contributed by atoms with Gasteiger partial charge in [-0.2, -0.15) is 0 Å². The summed E-state index contributed by atoms with van der Waals surface area (Å²) in [5.74, 6) is 0.308. The third-order valence-electron chi connectivity index (χ3n) is 3.07. The zero-order chi connectivity index (χ0) is 11.1. The first-order valence-electron chi connectivity index (χ1n) is 6.09. The van der Waals surface area contributed by atoms with Crippen molar-refractivity contribution in [2.45, 2.75) is 32.6 Å². The molecule has 1 saturated heterocycles. The largest absolute Gasteiger partial charge is 0.305 e. The molecule has 1 aliphatic rings. The normalized spacial score (nSPS) is 17.5. The van der Waals surface area contributed by atoms with Crippen LogP contribution in [0, 0.1) is 0 Å². The van der Waals surface area contributed by atoms with E-state index in [0.717, 1.165) is 25.9 Å². The molecule has 88 valence electrons. The van der Waals surface area contributed by atoms with Gasteiger partial charge in [-0.05, 0) is 52.9 Å². The van der Waals surface area contributed by atoms with Gasteiger partial charge >= 0.3 is 0 Å². The second-order valence-electron chi connectivity index (χ2n) is 4.66. The predicted octanol–water partition coefficient (Wildman–Crippen LogP) is 1.38. The van der Waals surface area contributed by atoms with E-state index >= 15 is 0 Å². The molecule has 0 N–H and O–H groups in total. The van der Waals surface area contributed by atoms with Crippen LogP contribution >= 0.6 is 0 Å². The summed E-state index contributed by atoms with van der Waals surface area (Å²) in [6, 6.07) is 0. The van der Waals surface area contributed by atoms with Crippen LogP contribution in [0.1, 0.15) is 32.6 Å². The number of carbonyl (C=O) groups is 1. The van der Waals surface area contributed by atoms with E-state index in [1.165, 1.54) is 32.5 Å². The molecule has 3 nitrogen and oxygen atoms in total. The van der Waals surface area contributed by atoms with Gasteiger partial charge < -0.3 is 14.6 Å². The van der Waals surface area contributed by atoms with Crippen molar-refractivity contribution in [2.24, 2.45) is 0 Å². The average molecular weight is 212 g/mol. The summed E-state index contributed by atoms with van der Waals surface area (Å²) in [5.41, 5.74) is 0. The fourth-order valence-corrected chi connectivity index (χ4v) is 2.03. The quantitative estimate of drug-likeness (QED) is 0.637. The van der Waals surface area contributed by atoms with Crippen LogP contribution in [0.25, 0.3) is 0 Å². The Labute approximate surface area is 93.4 Å². The molecule has 1 aliphatic heterocycles. The van der Waals surface area contributed by atoms with E-state index in [9.17, 15) is 4.79 Å². The van der Waals surface area contributed by atoms with E-state index in [2.05, 4.69) is 16.8 Å². The summed E-state index contributed by atoms with van der Waals surface area (Å²) in [6.45, 7) is 7.61. The lowest BCUT2D eigenvalue weighted by Gasteiger charge is -2.20. The number of rotatable bonds is 7. The number of ketones is 1. The fourth-order valence-electron chi connectivity index (χ4n) is 2.03. The summed E-state index contributed by atoms with van der Waals surface area (Å²) < 4.78 is 0. The molecule has 1 rings (SSSR count). The van der Waals surface area contributed by atoms with E-state index < -0.39 is 0 Å². The molecule has 0 atom stereocenters. The van der Waals surface area contributed by atoms with Crippen molar-refractivity contribution in [1.82, 2.24) is 9.80 Å². The minimum atomic E-state index is 0.308. The maximum Gasteiger partial charge on any atom is 0.129 e. The molecule has 1 heterocycles. The molecular formula is C12H24N2O. The van der Waals surface area contributed by atoms with E-state index in [0.29, 0.717) is 5.78 Å². The first kappa shape index (κ1) is 12.7. The monoisotopic (exact) mass is 212 g/mol. The zero-order valence-electron chi connectivity index (χ0n) is 10.2. The Morgan fingerprint density at radius 1 is 1.27 bits per heavy atom. The van der Waals surface area contributed by atoms with Crippen molar-refractivity contribution in [3.8, 4) is 0 Å². The van der Waals surface area contributed by atoms with Crippen molar-refractivity contribution >= 4 is 5.78 Å². The Kier molecular flexibility index (Phi) is 5.88. The highest BCUT2D eigenvalue weighted by Gasteiger charge is 2.11. The van der Waals surface area contributed by atoms with Gasteiger partial charge in [0, 0.05) is 19.5 Å². The van der Waals surface area contributed by atoms with Crippen molar-refractivity contribution < 1.29 is 4.79 Å². The highest BCUT2D eigenvalue weighted by Crippen LogP contribution is 2.06. The van der Waals surface area contributed by atoms with E-state index in [4.69, 9.17) is 0 Å². The maximum atomic E-state index is 10.8. The number of hydrogen-bond acceptors (Lipinski definition) is 3. The Balaban J connectivity index is 1.97. The first-order valence-corrected chi connectivity index (χ1v) is 6.09. The van der Waals surface area contributed by atoms with E-state index in [-0.39, 0.29) is 0 Å². The Morgan fingerprint density at radius 3 is 2.53 bits per heavy atom. The molecule has 0 aliphatic carbocycles. The molecule has 0 amide bonds. The van der Waals surface area contributed by atoms with Gasteiger partial charge in [0.15, 0.2) is 0 Å². The van der Waals surface area contributed by atoms with Gasteiger partial charge in [0.1, 0.15) is 5.78 Å². The van der Waals surface area contributed by atoms with Crippen LogP contribution in [-0.4, -0.2) is 55.4 Å². The van der Waals surface area contributed by atoms with Crippen molar-refractivity contribution in [3.05, 3.63) is 0 Å². The van der Waals surface area contributed by atoms with E-state index in [1.807, 2.05) is 0 Å². The summed E-state index contributed by atoms with van der Waals surface area (Å²) in [6.07, 6.45) is 4.47. The van der Waals surface area contributed by atoms with Crippen molar-refractivity contribution in [1.29, 1.82) is 0 Å². The number of carbonyl (C=O) groups excluding carboxylic acids is 1. The molecule has 3 heteroatoms. The van der Waals surface area contributed by atoms with Crippen molar-refractivity contribution in [3.63, 3.8) is 0 Å². The van der Waals surface area contributed by atoms with Gasteiger partial charge in [-0.15, -0.1) is 0 Å².